The molecule has 18 heavy (non-hydrogen) atoms. The van der Waals surface area contributed by atoms with Gasteiger partial charge in [-0.3, -0.25) is 10.1 Å². The second-order valence-electron chi connectivity index (χ2n) is 4.24. The topological polar surface area (TPSA) is 55.2 Å². The fourth-order valence-electron chi connectivity index (χ4n) is 1.68. The van der Waals surface area contributed by atoms with Gasteiger partial charge in [0.1, 0.15) is 0 Å². The van der Waals surface area contributed by atoms with E-state index in [1.54, 1.807) is 24.3 Å². The molecule has 98 valence electrons. The zero-order valence-electron chi connectivity index (χ0n) is 10.6. The summed E-state index contributed by atoms with van der Waals surface area (Å²) in [7, 11) is 0. The molecule has 0 aliphatic carbocycles. The maximum Gasteiger partial charge on any atom is 0.269 e. The van der Waals surface area contributed by atoms with Crippen LogP contribution in [-0.2, 0) is 6.54 Å². The predicted octanol–water partition coefficient (Wildman–Crippen LogP) is 3.43. The normalized spacial score (nSPS) is 10.2. The Morgan fingerprint density at radius 2 is 1.94 bits per heavy atom. The van der Waals surface area contributed by atoms with Gasteiger partial charge in [-0.1, -0.05) is 24.6 Å². The van der Waals surface area contributed by atoms with E-state index in [0.717, 1.165) is 31.5 Å². The Kier molecular flexibility index (Phi) is 6.72. The molecule has 0 spiro atoms. The summed E-state index contributed by atoms with van der Waals surface area (Å²) in [5, 5.41) is 13.8. The van der Waals surface area contributed by atoms with Crippen molar-refractivity contribution in [3.05, 3.63) is 52.6 Å². The highest BCUT2D eigenvalue weighted by Crippen LogP contribution is 2.11. The number of nitro groups is 1. The summed E-state index contributed by atoms with van der Waals surface area (Å²) in [5.74, 6) is 0. The summed E-state index contributed by atoms with van der Waals surface area (Å²) >= 11 is 0. The van der Waals surface area contributed by atoms with Gasteiger partial charge in [-0.05, 0) is 31.4 Å². The van der Waals surface area contributed by atoms with Gasteiger partial charge in [-0.25, -0.2) is 0 Å². The minimum absolute atomic E-state index is 0.142. The quantitative estimate of drug-likeness (QED) is 0.315. The van der Waals surface area contributed by atoms with Gasteiger partial charge in [-0.15, -0.1) is 6.58 Å². The summed E-state index contributed by atoms with van der Waals surface area (Å²) in [4.78, 5) is 10.1. The first-order chi connectivity index (χ1) is 8.74. The molecule has 1 N–H and O–H groups in total. The van der Waals surface area contributed by atoms with Crippen LogP contribution in [0.2, 0.25) is 0 Å². The van der Waals surface area contributed by atoms with Crippen LogP contribution in [0.25, 0.3) is 0 Å². The molecule has 0 saturated heterocycles. The maximum atomic E-state index is 10.5. The third-order valence-corrected chi connectivity index (χ3v) is 2.74. The maximum absolute atomic E-state index is 10.5. The molecule has 0 saturated carbocycles. The minimum Gasteiger partial charge on any atom is -0.313 e. The Bertz CT molecular complexity index is 374. The number of rotatable bonds is 9. The molecule has 1 aromatic rings. The Hall–Kier alpha value is -1.68. The number of hydrogen-bond acceptors (Lipinski definition) is 3. The fourth-order valence-corrected chi connectivity index (χ4v) is 1.68. The molecule has 0 aliphatic rings. The lowest BCUT2D eigenvalue weighted by Gasteiger charge is -2.04. The largest absolute Gasteiger partial charge is 0.313 e. The number of non-ortho nitro benzene ring substituents is 1. The van der Waals surface area contributed by atoms with Gasteiger partial charge >= 0.3 is 0 Å². The van der Waals surface area contributed by atoms with Crippen LogP contribution in [0.4, 0.5) is 5.69 Å². The zero-order chi connectivity index (χ0) is 13.2. The number of hydrogen-bond donors (Lipinski definition) is 1. The fraction of sp³-hybridized carbons (Fsp3) is 0.429. The van der Waals surface area contributed by atoms with E-state index >= 15 is 0 Å². The highest BCUT2D eigenvalue weighted by molar-refractivity contribution is 5.32. The standard InChI is InChI=1S/C14H20N2O2/c1-2-3-4-5-6-11-15-12-13-7-9-14(10-8-13)16(17)18/h2,7-10,15H,1,3-6,11-12H2. The molecule has 0 atom stereocenters. The van der Waals surface area contributed by atoms with Crippen LogP contribution >= 0.6 is 0 Å². The number of benzene rings is 1. The van der Waals surface area contributed by atoms with Crippen LogP contribution < -0.4 is 5.32 Å². The molecule has 0 aliphatic heterocycles. The van der Waals surface area contributed by atoms with Crippen LogP contribution in [0.15, 0.2) is 36.9 Å². The molecular weight excluding hydrogens is 228 g/mol. The Balaban J connectivity index is 2.15. The van der Waals surface area contributed by atoms with Crippen molar-refractivity contribution in [2.24, 2.45) is 0 Å². The number of unbranched alkanes of at least 4 members (excludes halogenated alkanes) is 3. The molecule has 0 bridgehead atoms. The van der Waals surface area contributed by atoms with Gasteiger partial charge in [0.15, 0.2) is 0 Å². The smallest absolute Gasteiger partial charge is 0.269 e. The van der Waals surface area contributed by atoms with Gasteiger partial charge in [0.05, 0.1) is 4.92 Å². The summed E-state index contributed by atoms with van der Waals surface area (Å²) in [6.07, 6.45) is 6.59. The van der Waals surface area contributed by atoms with Crippen molar-refractivity contribution in [1.29, 1.82) is 0 Å². The zero-order valence-corrected chi connectivity index (χ0v) is 10.6. The lowest BCUT2D eigenvalue weighted by atomic mass is 10.2. The minimum atomic E-state index is -0.378. The highest BCUT2D eigenvalue weighted by atomic mass is 16.6. The molecule has 0 unspecified atom stereocenters. The van der Waals surface area contributed by atoms with Gasteiger partial charge in [-0.2, -0.15) is 0 Å². The Labute approximate surface area is 108 Å². The van der Waals surface area contributed by atoms with Crippen molar-refractivity contribution in [2.75, 3.05) is 6.54 Å². The second-order valence-corrected chi connectivity index (χ2v) is 4.24. The van der Waals surface area contributed by atoms with Crippen LogP contribution in [0.5, 0.6) is 0 Å². The molecule has 0 fully saturated rings. The molecule has 4 heteroatoms. The van der Waals surface area contributed by atoms with E-state index in [0.29, 0.717) is 0 Å². The molecule has 0 aromatic heterocycles. The first kappa shape index (κ1) is 14.4. The number of nitro benzene ring substituents is 1. The van der Waals surface area contributed by atoms with Crippen molar-refractivity contribution in [3.63, 3.8) is 0 Å². The van der Waals surface area contributed by atoms with Crippen LogP contribution in [0.3, 0.4) is 0 Å². The summed E-state index contributed by atoms with van der Waals surface area (Å²) in [5.41, 5.74) is 1.22. The number of nitrogens with zero attached hydrogens (tertiary/aromatic N) is 1. The summed E-state index contributed by atoms with van der Waals surface area (Å²) < 4.78 is 0. The lowest BCUT2D eigenvalue weighted by molar-refractivity contribution is -0.384. The van der Waals surface area contributed by atoms with E-state index < -0.39 is 0 Å². The Morgan fingerprint density at radius 1 is 1.22 bits per heavy atom. The molecule has 1 aromatic carbocycles. The van der Waals surface area contributed by atoms with E-state index in [9.17, 15) is 10.1 Å². The van der Waals surface area contributed by atoms with Crippen molar-refractivity contribution >= 4 is 5.69 Å². The summed E-state index contributed by atoms with van der Waals surface area (Å²) in [6.45, 7) is 5.43. The SMILES string of the molecule is C=CCCCCCNCc1ccc([N+](=O)[O-])cc1. The van der Waals surface area contributed by atoms with E-state index in [-0.39, 0.29) is 10.6 Å². The molecule has 0 amide bonds. The van der Waals surface area contributed by atoms with E-state index in [1.165, 1.54) is 12.8 Å². The van der Waals surface area contributed by atoms with Gasteiger partial charge < -0.3 is 5.32 Å². The monoisotopic (exact) mass is 248 g/mol. The average molecular weight is 248 g/mol. The lowest BCUT2D eigenvalue weighted by Crippen LogP contribution is -2.14. The first-order valence-corrected chi connectivity index (χ1v) is 6.29. The molecule has 4 nitrogen and oxygen atoms in total. The third-order valence-electron chi connectivity index (χ3n) is 2.74. The second kappa shape index (κ2) is 8.42. The van der Waals surface area contributed by atoms with Crippen molar-refractivity contribution in [1.82, 2.24) is 5.32 Å². The van der Waals surface area contributed by atoms with E-state index in [1.807, 2.05) is 6.08 Å². The van der Waals surface area contributed by atoms with Crippen molar-refractivity contribution < 1.29 is 4.92 Å². The summed E-state index contributed by atoms with van der Waals surface area (Å²) in [6, 6.07) is 6.67. The van der Waals surface area contributed by atoms with Crippen LogP contribution in [-0.4, -0.2) is 11.5 Å². The first-order valence-electron chi connectivity index (χ1n) is 6.29. The number of allylic oxidation sites excluding steroid dienone is 1. The molecule has 0 heterocycles. The molecular formula is C14H20N2O2. The van der Waals surface area contributed by atoms with Gasteiger partial charge in [0.25, 0.3) is 5.69 Å². The predicted molar refractivity (Wildman–Crippen MR) is 73.5 cm³/mol. The van der Waals surface area contributed by atoms with Crippen LogP contribution in [0, 0.1) is 10.1 Å². The van der Waals surface area contributed by atoms with Gasteiger partial charge in [0.2, 0.25) is 0 Å². The molecule has 0 radical (unpaired) electrons. The highest BCUT2D eigenvalue weighted by Gasteiger charge is 2.03. The van der Waals surface area contributed by atoms with Crippen molar-refractivity contribution in [3.8, 4) is 0 Å². The van der Waals surface area contributed by atoms with E-state index in [4.69, 9.17) is 0 Å². The Morgan fingerprint density at radius 3 is 2.56 bits per heavy atom. The third kappa shape index (κ3) is 5.59. The molecule has 1 rings (SSSR count). The number of nitrogens with one attached hydrogen (secondary N) is 1. The average Bonchev–Trinajstić information content (AvgIpc) is 2.38. The van der Waals surface area contributed by atoms with E-state index in [2.05, 4.69) is 11.9 Å². The van der Waals surface area contributed by atoms with Crippen molar-refractivity contribution in [2.45, 2.75) is 32.2 Å². The van der Waals surface area contributed by atoms with Gasteiger partial charge in [0, 0.05) is 18.7 Å². The van der Waals surface area contributed by atoms with Crippen LogP contribution in [0.1, 0.15) is 31.2 Å².